The zero-order valence-electron chi connectivity index (χ0n) is 26.8. The van der Waals surface area contributed by atoms with Gasteiger partial charge in [-0.1, -0.05) is 89.8 Å². The fourth-order valence-electron chi connectivity index (χ4n) is 4.60. The second kappa shape index (κ2) is 21.7. The van der Waals surface area contributed by atoms with Crippen molar-refractivity contribution in [3.63, 3.8) is 0 Å². The first kappa shape index (κ1) is 36.9. The van der Waals surface area contributed by atoms with Crippen LogP contribution in [0.5, 0.6) is 0 Å². The highest BCUT2D eigenvalue weighted by molar-refractivity contribution is 5.95. The molecule has 0 saturated carbocycles. The van der Waals surface area contributed by atoms with Crippen molar-refractivity contribution >= 4 is 5.91 Å². The highest BCUT2D eigenvalue weighted by Gasteiger charge is 2.24. The van der Waals surface area contributed by atoms with E-state index in [1.807, 2.05) is 58.9 Å². The van der Waals surface area contributed by atoms with E-state index in [-0.39, 0.29) is 0 Å². The third-order valence-electron chi connectivity index (χ3n) is 6.96. The quantitative estimate of drug-likeness (QED) is 0.248. The van der Waals surface area contributed by atoms with Crippen LogP contribution >= 0.6 is 0 Å². The third kappa shape index (κ3) is 13.3. The van der Waals surface area contributed by atoms with Crippen LogP contribution in [-0.4, -0.2) is 36.5 Å². The molecule has 4 heteroatoms. The second-order valence-electron chi connectivity index (χ2n) is 9.56. The van der Waals surface area contributed by atoms with E-state index in [4.69, 9.17) is 10.5 Å². The van der Waals surface area contributed by atoms with Gasteiger partial charge < -0.3 is 10.5 Å². The highest BCUT2D eigenvalue weighted by atomic mass is 16.5. The van der Waals surface area contributed by atoms with Crippen LogP contribution in [0.3, 0.4) is 0 Å². The number of aryl methyl sites for hydroxylation is 1. The zero-order valence-corrected chi connectivity index (χ0v) is 26.8. The fourth-order valence-corrected chi connectivity index (χ4v) is 4.60. The van der Waals surface area contributed by atoms with Crippen LogP contribution in [-0.2, 0) is 22.4 Å². The van der Waals surface area contributed by atoms with Gasteiger partial charge in [0.05, 0.1) is 7.11 Å². The first-order chi connectivity index (χ1) is 19.3. The molecular weight excluding hydrogens is 492 g/mol. The molecule has 3 rings (SSSR count). The van der Waals surface area contributed by atoms with Gasteiger partial charge in [-0.2, -0.15) is 0 Å². The number of carbonyl (C=O) groups is 1. The van der Waals surface area contributed by atoms with Crippen LogP contribution in [0.1, 0.15) is 85.8 Å². The van der Waals surface area contributed by atoms with Gasteiger partial charge in [-0.15, -0.1) is 0 Å². The molecule has 1 heterocycles. The lowest BCUT2D eigenvalue weighted by Gasteiger charge is -2.28. The first-order valence-corrected chi connectivity index (χ1v) is 15.0. The summed E-state index contributed by atoms with van der Waals surface area (Å²) >= 11 is 0. The number of likely N-dealkylation sites (tertiary alicyclic amines) is 1. The van der Waals surface area contributed by atoms with E-state index >= 15 is 0 Å². The lowest BCUT2D eigenvalue weighted by Crippen LogP contribution is -2.36. The Hall–Kier alpha value is -3.11. The summed E-state index contributed by atoms with van der Waals surface area (Å²) in [6, 6.07) is 10.6. The van der Waals surface area contributed by atoms with Crippen molar-refractivity contribution in [3.8, 4) is 0 Å². The molecule has 40 heavy (non-hydrogen) atoms. The summed E-state index contributed by atoms with van der Waals surface area (Å²) in [7, 11) is 1.60. The van der Waals surface area contributed by atoms with Crippen molar-refractivity contribution in [1.29, 1.82) is 0 Å². The maximum Gasteiger partial charge on any atom is 0.248 e. The van der Waals surface area contributed by atoms with E-state index in [2.05, 4.69) is 56.5 Å². The maximum atomic E-state index is 11.1. The molecule has 2 aliphatic rings. The van der Waals surface area contributed by atoms with E-state index in [0.29, 0.717) is 17.4 Å². The van der Waals surface area contributed by atoms with Gasteiger partial charge in [0.1, 0.15) is 5.76 Å². The minimum Gasteiger partial charge on any atom is -0.497 e. The molecule has 1 aromatic rings. The summed E-state index contributed by atoms with van der Waals surface area (Å²) in [6.45, 7) is 21.9. The average molecular weight is 549 g/mol. The minimum atomic E-state index is -0.413. The summed E-state index contributed by atoms with van der Waals surface area (Å²) in [4.78, 5) is 13.8. The van der Waals surface area contributed by atoms with Gasteiger partial charge in [0.25, 0.3) is 0 Å². The van der Waals surface area contributed by atoms with Gasteiger partial charge in [-0.3, -0.25) is 9.69 Å². The SMILES string of the molecule is C=C/C(=C\C=C(/C)C1=CC=C(C(N)=O)C=CC1)OC.CC.CC.CCc1ccc(CC(C)N2CCCC2C)cc1. The summed E-state index contributed by atoms with van der Waals surface area (Å²) in [5.41, 5.74) is 10.9. The van der Waals surface area contributed by atoms with E-state index in [9.17, 15) is 4.79 Å². The lowest BCUT2D eigenvalue weighted by molar-refractivity contribution is -0.114. The summed E-state index contributed by atoms with van der Waals surface area (Å²) in [5.74, 6) is 0.293. The Morgan fingerprint density at radius 3 is 2.25 bits per heavy atom. The Morgan fingerprint density at radius 1 is 1.12 bits per heavy atom. The lowest BCUT2D eigenvalue weighted by atomic mass is 10.0. The summed E-state index contributed by atoms with van der Waals surface area (Å²) in [6.07, 6.45) is 18.6. The number of nitrogens with two attached hydrogens (primary N) is 1. The second-order valence-corrected chi connectivity index (χ2v) is 9.56. The number of amides is 1. The Bertz CT molecular complexity index is 1030. The Kier molecular flexibility index (Phi) is 20.0. The molecule has 0 spiro atoms. The molecule has 0 bridgehead atoms. The summed E-state index contributed by atoms with van der Waals surface area (Å²) < 4.78 is 5.10. The molecule has 1 aliphatic carbocycles. The van der Waals surface area contributed by atoms with Gasteiger partial charge in [-0.25, -0.2) is 0 Å². The zero-order chi connectivity index (χ0) is 30.5. The molecule has 222 valence electrons. The van der Waals surface area contributed by atoms with Crippen LogP contribution in [0.4, 0.5) is 0 Å². The molecule has 1 amide bonds. The number of carbonyl (C=O) groups excluding carboxylic acids is 1. The topological polar surface area (TPSA) is 55.6 Å². The van der Waals surface area contributed by atoms with E-state index in [1.165, 1.54) is 36.9 Å². The van der Waals surface area contributed by atoms with Crippen molar-refractivity contribution in [2.24, 2.45) is 5.73 Å². The summed E-state index contributed by atoms with van der Waals surface area (Å²) in [5, 5.41) is 0. The largest absolute Gasteiger partial charge is 0.497 e. The van der Waals surface area contributed by atoms with Crippen molar-refractivity contribution in [1.82, 2.24) is 4.90 Å². The van der Waals surface area contributed by atoms with Crippen molar-refractivity contribution < 1.29 is 9.53 Å². The van der Waals surface area contributed by atoms with Crippen molar-refractivity contribution in [2.75, 3.05) is 13.7 Å². The van der Waals surface area contributed by atoms with Crippen LogP contribution in [0.15, 0.2) is 95.9 Å². The normalized spacial score (nSPS) is 17.8. The van der Waals surface area contributed by atoms with E-state index < -0.39 is 5.91 Å². The molecule has 2 atom stereocenters. The molecule has 1 saturated heterocycles. The standard InChI is InChI=1S/C16H19NO2.C16H25N.2C2H6/c1-4-15(19-3)11-8-12(2)13-6-5-7-14(10-9-13)16(17)18;1-4-15-7-9-16(10-8-15)12-14(3)17-11-5-6-13(17)2;2*1-2/h4-5,7-11H,1,6H2,2-3H3,(H2,17,18);7-10,13-14H,4-6,11-12H2,1-3H3;2*1-2H3/b12-8+,15-11+;;;. The smallest absolute Gasteiger partial charge is 0.248 e. The van der Waals surface area contributed by atoms with Crippen LogP contribution in [0.25, 0.3) is 0 Å². The average Bonchev–Trinajstić information content (AvgIpc) is 3.26. The van der Waals surface area contributed by atoms with Gasteiger partial charge in [-0.05, 0) is 99.9 Å². The van der Waals surface area contributed by atoms with Crippen LogP contribution in [0, 0.1) is 0 Å². The number of rotatable bonds is 9. The number of ether oxygens (including phenoxy) is 1. The van der Waals surface area contributed by atoms with Gasteiger partial charge in [0, 0.05) is 17.7 Å². The number of allylic oxidation sites excluding steroid dienone is 8. The third-order valence-corrected chi connectivity index (χ3v) is 6.96. The molecule has 4 nitrogen and oxygen atoms in total. The number of nitrogens with zero attached hydrogens (tertiary/aromatic N) is 1. The predicted molar refractivity (Wildman–Crippen MR) is 175 cm³/mol. The van der Waals surface area contributed by atoms with Crippen molar-refractivity contribution in [2.45, 2.75) is 99.6 Å². The van der Waals surface area contributed by atoms with Gasteiger partial charge in [0.15, 0.2) is 0 Å². The molecule has 1 fully saturated rings. The Balaban J connectivity index is 0.000000679. The monoisotopic (exact) mass is 548 g/mol. The number of primary amides is 1. The van der Waals surface area contributed by atoms with E-state index in [1.54, 1.807) is 25.3 Å². The Morgan fingerprint density at radius 2 is 1.75 bits per heavy atom. The molecule has 1 aromatic carbocycles. The first-order valence-electron chi connectivity index (χ1n) is 15.0. The Labute approximate surface area is 246 Å². The molecular formula is C36H56N2O2. The van der Waals surface area contributed by atoms with Gasteiger partial charge >= 0.3 is 0 Å². The van der Waals surface area contributed by atoms with Gasteiger partial charge in [0.2, 0.25) is 5.91 Å². The molecule has 0 aromatic heterocycles. The fraction of sp³-hybridized carbons (Fsp3) is 0.472. The molecule has 2 unspecified atom stereocenters. The number of benzene rings is 1. The van der Waals surface area contributed by atoms with Crippen LogP contribution < -0.4 is 5.73 Å². The number of hydrogen-bond donors (Lipinski definition) is 1. The van der Waals surface area contributed by atoms with Crippen LogP contribution in [0.2, 0.25) is 0 Å². The molecule has 1 aliphatic heterocycles. The predicted octanol–water partition coefficient (Wildman–Crippen LogP) is 8.66. The highest BCUT2D eigenvalue weighted by Crippen LogP contribution is 2.22. The van der Waals surface area contributed by atoms with E-state index in [0.717, 1.165) is 30.0 Å². The molecule has 0 radical (unpaired) electrons. The number of methoxy groups -OCH3 is 1. The minimum absolute atomic E-state index is 0.413. The van der Waals surface area contributed by atoms with Crippen molar-refractivity contribution in [3.05, 3.63) is 107 Å². The maximum absolute atomic E-state index is 11.1. The number of hydrogen-bond acceptors (Lipinski definition) is 3. The molecule has 2 N–H and O–H groups in total.